The highest BCUT2D eigenvalue weighted by Gasteiger charge is 2.01. The molecule has 0 fully saturated rings. The second-order valence-electron chi connectivity index (χ2n) is 3.87. The second-order valence-corrected chi connectivity index (χ2v) is 3.87. The number of hydrogen-bond donors (Lipinski definition) is 3. The van der Waals surface area contributed by atoms with E-state index in [0.717, 1.165) is 36.3 Å². The van der Waals surface area contributed by atoms with Gasteiger partial charge in [-0.1, -0.05) is 13.0 Å². The SMILES string of the molecule is CCC(O)CCNc1ccc(C)cc1N. The number of aryl methyl sites for hydroxylation is 1. The average Bonchev–Trinajstić information content (AvgIpc) is 2.21. The van der Waals surface area contributed by atoms with E-state index in [1.54, 1.807) is 0 Å². The number of nitrogens with one attached hydrogen (secondary N) is 1. The lowest BCUT2D eigenvalue weighted by Gasteiger charge is -2.12. The van der Waals surface area contributed by atoms with Crippen LogP contribution in [0, 0.1) is 6.92 Å². The van der Waals surface area contributed by atoms with Gasteiger partial charge in [0.2, 0.25) is 0 Å². The van der Waals surface area contributed by atoms with E-state index in [4.69, 9.17) is 5.73 Å². The van der Waals surface area contributed by atoms with Crippen molar-refractivity contribution in [3.8, 4) is 0 Å². The Morgan fingerprint density at radius 3 is 2.80 bits per heavy atom. The van der Waals surface area contributed by atoms with Crippen LogP contribution >= 0.6 is 0 Å². The van der Waals surface area contributed by atoms with Crippen LogP contribution in [0.5, 0.6) is 0 Å². The summed E-state index contributed by atoms with van der Waals surface area (Å²) in [6.45, 7) is 4.74. The van der Waals surface area contributed by atoms with E-state index >= 15 is 0 Å². The first-order valence-electron chi connectivity index (χ1n) is 5.41. The Balaban J connectivity index is 2.44. The molecule has 0 radical (unpaired) electrons. The van der Waals surface area contributed by atoms with Gasteiger partial charge >= 0.3 is 0 Å². The molecule has 0 aliphatic heterocycles. The van der Waals surface area contributed by atoms with Gasteiger partial charge in [-0.15, -0.1) is 0 Å². The molecule has 0 amide bonds. The van der Waals surface area contributed by atoms with Crippen LogP contribution in [-0.4, -0.2) is 17.8 Å². The smallest absolute Gasteiger partial charge is 0.0574 e. The van der Waals surface area contributed by atoms with Gasteiger partial charge in [-0.3, -0.25) is 0 Å². The molecule has 1 aromatic rings. The lowest BCUT2D eigenvalue weighted by atomic mass is 10.1. The standard InChI is InChI=1S/C12H20N2O/c1-3-10(15)6-7-14-12-5-4-9(2)8-11(12)13/h4-5,8,10,14-15H,3,6-7,13H2,1-2H3. The van der Waals surface area contributed by atoms with Crippen LogP contribution in [0.2, 0.25) is 0 Å². The number of aliphatic hydroxyl groups is 1. The predicted octanol–water partition coefficient (Wildman–Crippen LogP) is 2.15. The fraction of sp³-hybridized carbons (Fsp3) is 0.500. The Morgan fingerprint density at radius 1 is 1.47 bits per heavy atom. The molecule has 1 rings (SSSR count). The van der Waals surface area contributed by atoms with Gasteiger partial charge in [-0.05, 0) is 37.5 Å². The highest BCUT2D eigenvalue weighted by atomic mass is 16.3. The van der Waals surface area contributed by atoms with Crippen LogP contribution in [0.3, 0.4) is 0 Å². The number of anilines is 2. The molecule has 4 N–H and O–H groups in total. The quantitative estimate of drug-likeness (QED) is 0.650. The minimum absolute atomic E-state index is 0.218. The second kappa shape index (κ2) is 5.61. The summed E-state index contributed by atoms with van der Waals surface area (Å²) in [7, 11) is 0. The van der Waals surface area contributed by atoms with E-state index in [2.05, 4.69) is 5.32 Å². The summed E-state index contributed by atoms with van der Waals surface area (Å²) in [5.41, 5.74) is 8.72. The van der Waals surface area contributed by atoms with Gasteiger partial charge in [-0.25, -0.2) is 0 Å². The Bertz CT molecular complexity index is 312. The maximum atomic E-state index is 9.38. The molecule has 0 saturated carbocycles. The summed E-state index contributed by atoms with van der Waals surface area (Å²) in [4.78, 5) is 0. The molecule has 1 aromatic carbocycles. The van der Waals surface area contributed by atoms with Crippen molar-refractivity contribution in [3.05, 3.63) is 23.8 Å². The maximum Gasteiger partial charge on any atom is 0.0574 e. The summed E-state index contributed by atoms with van der Waals surface area (Å²) in [5, 5.41) is 12.6. The summed E-state index contributed by atoms with van der Waals surface area (Å²) in [5.74, 6) is 0. The van der Waals surface area contributed by atoms with Gasteiger partial charge < -0.3 is 16.2 Å². The molecule has 0 aromatic heterocycles. The molecule has 0 aliphatic rings. The van der Waals surface area contributed by atoms with E-state index in [0.29, 0.717) is 0 Å². The third-order valence-electron chi connectivity index (χ3n) is 2.47. The molecule has 0 spiro atoms. The van der Waals surface area contributed by atoms with Crippen molar-refractivity contribution in [2.45, 2.75) is 32.8 Å². The molecule has 0 saturated heterocycles. The predicted molar refractivity (Wildman–Crippen MR) is 65.0 cm³/mol. The largest absolute Gasteiger partial charge is 0.397 e. The zero-order valence-electron chi connectivity index (χ0n) is 9.46. The van der Waals surface area contributed by atoms with Crippen molar-refractivity contribution >= 4 is 11.4 Å². The molecule has 0 heterocycles. The van der Waals surface area contributed by atoms with Gasteiger partial charge in [0, 0.05) is 6.54 Å². The summed E-state index contributed by atoms with van der Waals surface area (Å²) >= 11 is 0. The highest BCUT2D eigenvalue weighted by molar-refractivity contribution is 5.66. The molecule has 3 nitrogen and oxygen atoms in total. The fourth-order valence-corrected chi connectivity index (χ4v) is 1.42. The third-order valence-corrected chi connectivity index (χ3v) is 2.47. The molecule has 0 aliphatic carbocycles. The van der Waals surface area contributed by atoms with Crippen molar-refractivity contribution in [1.29, 1.82) is 0 Å². The third kappa shape index (κ3) is 3.80. The molecule has 15 heavy (non-hydrogen) atoms. The Labute approximate surface area is 91.3 Å². The fourth-order valence-electron chi connectivity index (χ4n) is 1.42. The Hall–Kier alpha value is -1.22. The lowest BCUT2D eigenvalue weighted by Crippen LogP contribution is -2.12. The molecule has 1 unspecified atom stereocenters. The molecule has 1 atom stereocenters. The molecular formula is C12H20N2O. The van der Waals surface area contributed by atoms with E-state index in [1.807, 2.05) is 32.0 Å². The van der Waals surface area contributed by atoms with Gasteiger partial charge in [0.15, 0.2) is 0 Å². The van der Waals surface area contributed by atoms with Crippen LogP contribution in [0.25, 0.3) is 0 Å². The van der Waals surface area contributed by atoms with Crippen LogP contribution in [0.4, 0.5) is 11.4 Å². The Kier molecular flexibility index (Phi) is 4.43. The summed E-state index contributed by atoms with van der Waals surface area (Å²) in [6, 6.07) is 5.94. The molecule has 0 bridgehead atoms. The van der Waals surface area contributed by atoms with Crippen molar-refractivity contribution < 1.29 is 5.11 Å². The van der Waals surface area contributed by atoms with Gasteiger partial charge in [-0.2, -0.15) is 0 Å². The monoisotopic (exact) mass is 208 g/mol. The summed E-state index contributed by atoms with van der Waals surface area (Å²) < 4.78 is 0. The van der Waals surface area contributed by atoms with Gasteiger partial charge in [0.25, 0.3) is 0 Å². The van der Waals surface area contributed by atoms with Crippen LogP contribution in [-0.2, 0) is 0 Å². The number of hydrogen-bond acceptors (Lipinski definition) is 3. The topological polar surface area (TPSA) is 58.3 Å². The lowest BCUT2D eigenvalue weighted by molar-refractivity contribution is 0.164. The minimum Gasteiger partial charge on any atom is -0.397 e. The van der Waals surface area contributed by atoms with Gasteiger partial charge in [0.05, 0.1) is 17.5 Å². The summed E-state index contributed by atoms with van der Waals surface area (Å²) in [6.07, 6.45) is 1.33. The van der Waals surface area contributed by atoms with Crippen LogP contribution < -0.4 is 11.1 Å². The van der Waals surface area contributed by atoms with Crippen molar-refractivity contribution in [3.63, 3.8) is 0 Å². The molecule has 3 heteroatoms. The number of rotatable bonds is 5. The first kappa shape index (κ1) is 11.9. The molecular weight excluding hydrogens is 188 g/mol. The van der Waals surface area contributed by atoms with E-state index < -0.39 is 0 Å². The first-order valence-corrected chi connectivity index (χ1v) is 5.41. The number of benzene rings is 1. The first-order chi connectivity index (χ1) is 7.13. The minimum atomic E-state index is -0.218. The average molecular weight is 208 g/mol. The highest BCUT2D eigenvalue weighted by Crippen LogP contribution is 2.19. The number of nitrogens with two attached hydrogens (primary N) is 1. The van der Waals surface area contributed by atoms with Crippen molar-refractivity contribution in [1.82, 2.24) is 0 Å². The maximum absolute atomic E-state index is 9.38. The number of nitrogen functional groups attached to an aromatic ring is 1. The van der Waals surface area contributed by atoms with Crippen molar-refractivity contribution in [2.24, 2.45) is 0 Å². The normalized spacial score (nSPS) is 12.5. The van der Waals surface area contributed by atoms with E-state index in [9.17, 15) is 5.11 Å². The number of aliphatic hydroxyl groups excluding tert-OH is 1. The van der Waals surface area contributed by atoms with Crippen LogP contribution in [0.15, 0.2) is 18.2 Å². The van der Waals surface area contributed by atoms with E-state index in [1.165, 1.54) is 0 Å². The zero-order valence-corrected chi connectivity index (χ0v) is 9.46. The van der Waals surface area contributed by atoms with Crippen LogP contribution in [0.1, 0.15) is 25.3 Å². The van der Waals surface area contributed by atoms with Crippen molar-refractivity contribution in [2.75, 3.05) is 17.6 Å². The zero-order chi connectivity index (χ0) is 11.3. The van der Waals surface area contributed by atoms with Gasteiger partial charge in [0.1, 0.15) is 0 Å². The molecule has 84 valence electrons. The Morgan fingerprint density at radius 2 is 2.20 bits per heavy atom. The van der Waals surface area contributed by atoms with E-state index in [-0.39, 0.29) is 6.10 Å².